The molecule has 0 N–H and O–H groups in total. The average Bonchev–Trinajstić information content (AvgIpc) is 2.39. The van der Waals surface area contributed by atoms with Crippen LogP contribution in [0.5, 0.6) is 0 Å². The van der Waals surface area contributed by atoms with Crippen molar-refractivity contribution in [3.63, 3.8) is 0 Å². The minimum atomic E-state index is -0.818. The smallest absolute Gasteiger partial charge is 0.145 e. The van der Waals surface area contributed by atoms with E-state index in [1.165, 1.54) is 0 Å². The van der Waals surface area contributed by atoms with Crippen LogP contribution in [0.2, 0.25) is 5.02 Å². The zero-order valence-corrected chi connectivity index (χ0v) is 13.7. The summed E-state index contributed by atoms with van der Waals surface area (Å²) in [5, 5.41) is 0.655. The zero-order valence-electron chi connectivity index (χ0n) is 9.24. The van der Waals surface area contributed by atoms with Crippen LogP contribution in [-0.4, -0.2) is 6.29 Å². The molecule has 1 unspecified atom stereocenters. The third-order valence-electron chi connectivity index (χ3n) is 2.69. The van der Waals surface area contributed by atoms with E-state index in [1.807, 2.05) is 36.4 Å². The first-order chi connectivity index (χ1) is 8.56. The van der Waals surface area contributed by atoms with Gasteiger partial charge in [-0.2, -0.15) is 0 Å². The van der Waals surface area contributed by atoms with Gasteiger partial charge in [0.05, 0.1) is 0 Å². The van der Waals surface area contributed by atoms with Gasteiger partial charge in [-0.1, -0.05) is 51.8 Å². The fraction of sp³-hybridized carbons (Fsp3) is 0.0714. The summed E-state index contributed by atoms with van der Waals surface area (Å²) in [5.74, 6) is 0. The van der Waals surface area contributed by atoms with E-state index in [0.717, 1.165) is 21.0 Å². The average molecular weight is 435 g/mol. The molecule has 0 saturated carbocycles. The highest BCUT2D eigenvalue weighted by molar-refractivity contribution is 14.1. The Balaban J connectivity index is 2.50. The molecule has 0 spiro atoms. The van der Waals surface area contributed by atoms with E-state index < -0.39 is 4.32 Å². The van der Waals surface area contributed by atoms with Crippen molar-refractivity contribution >= 4 is 56.4 Å². The molecule has 92 valence electrons. The molecule has 4 heteroatoms. The molecule has 2 aromatic carbocycles. The maximum atomic E-state index is 11.5. The lowest BCUT2D eigenvalue weighted by Crippen LogP contribution is -2.21. The second kappa shape index (κ2) is 5.72. The lowest BCUT2D eigenvalue weighted by molar-refractivity contribution is -0.109. The van der Waals surface area contributed by atoms with E-state index in [4.69, 9.17) is 11.6 Å². The zero-order chi connectivity index (χ0) is 13.2. The molecular weight excluding hydrogens is 426 g/mol. The van der Waals surface area contributed by atoms with Crippen LogP contribution in [0.15, 0.2) is 48.5 Å². The van der Waals surface area contributed by atoms with Crippen LogP contribution >= 0.6 is 50.1 Å². The Bertz CT molecular complexity index is 506. The van der Waals surface area contributed by atoms with Crippen molar-refractivity contribution in [1.29, 1.82) is 0 Å². The second-order valence-electron chi connectivity index (χ2n) is 3.84. The lowest BCUT2D eigenvalue weighted by atomic mass is 9.92. The van der Waals surface area contributed by atoms with E-state index in [1.54, 1.807) is 12.1 Å². The van der Waals surface area contributed by atoms with E-state index >= 15 is 0 Å². The number of halogens is 3. The number of rotatable bonds is 3. The fourth-order valence-electron chi connectivity index (χ4n) is 1.69. The van der Waals surface area contributed by atoms with E-state index in [0.29, 0.717) is 5.02 Å². The van der Waals surface area contributed by atoms with Crippen LogP contribution in [0.4, 0.5) is 0 Å². The van der Waals surface area contributed by atoms with Crippen molar-refractivity contribution in [1.82, 2.24) is 0 Å². The van der Waals surface area contributed by atoms with Gasteiger partial charge in [0.2, 0.25) is 0 Å². The number of alkyl halides is 1. The molecule has 0 radical (unpaired) electrons. The largest absolute Gasteiger partial charge is 0.301 e. The highest BCUT2D eigenvalue weighted by Crippen LogP contribution is 2.37. The number of hydrogen-bond acceptors (Lipinski definition) is 1. The van der Waals surface area contributed by atoms with Crippen LogP contribution < -0.4 is 0 Å². The first-order valence-electron chi connectivity index (χ1n) is 5.23. The number of hydrogen-bond donors (Lipinski definition) is 0. The van der Waals surface area contributed by atoms with Gasteiger partial charge in [-0.25, -0.2) is 0 Å². The molecule has 1 atom stereocenters. The molecule has 0 aliphatic heterocycles. The summed E-state index contributed by atoms with van der Waals surface area (Å²) < 4.78 is 0.315. The van der Waals surface area contributed by atoms with Gasteiger partial charge in [-0.15, -0.1) is 0 Å². The molecular formula is C14H9BrClIO. The molecule has 2 rings (SSSR count). The molecule has 0 aliphatic carbocycles. The van der Waals surface area contributed by atoms with Gasteiger partial charge in [-0.05, 0) is 58.0 Å². The minimum absolute atomic E-state index is 0.655. The third-order valence-corrected chi connectivity index (χ3v) is 4.76. The highest BCUT2D eigenvalue weighted by atomic mass is 127. The Labute approximate surface area is 133 Å². The summed E-state index contributed by atoms with van der Waals surface area (Å²) in [6.45, 7) is 0. The highest BCUT2D eigenvalue weighted by Gasteiger charge is 2.30. The Morgan fingerprint density at radius 2 is 1.44 bits per heavy atom. The number of carbonyl (C=O) groups is 1. The minimum Gasteiger partial charge on any atom is -0.301 e. The van der Waals surface area contributed by atoms with Crippen molar-refractivity contribution in [2.45, 2.75) is 4.32 Å². The van der Waals surface area contributed by atoms with Gasteiger partial charge >= 0.3 is 0 Å². The molecule has 0 aromatic heterocycles. The molecule has 2 aromatic rings. The van der Waals surface area contributed by atoms with Crippen LogP contribution in [0.25, 0.3) is 0 Å². The van der Waals surface area contributed by atoms with Gasteiger partial charge in [0.25, 0.3) is 0 Å². The van der Waals surface area contributed by atoms with Crippen molar-refractivity contribution in [3.8, 4) is 0 Å². The number of aldehydes is 1. The quantitative estimate of drug-likeness (QED) is 0.385. The second-order valence-corrected chi connectivity index (χ2v) is 6.78. The van der Waals surface area contributed by atoms with Gasteiger partial charge in [0, 0.05) is 8.59 Å². The maximum Gasteiger partial charge on any atom is 0.145 e. The van der Waals surface area contributed by atoms with E-state index in [-0.39, 0.29) is 0 Å². The van der Waals surface area contributed by atoms with Crippen molar-refractivity contribution in [2.75, 3.05) is 0 Å². The topological polar surface area (TPSA) is 17.1 Å². The first-order valence-corrected chi connectivity index (χ1v) is 7.48. The predicted octanol–water partition coefficient (Wildman–Crippen LogP) is 4.78. The van der Waals surface area contributed by atoms with E-state index in [2.05, 4.69) is 38.5 Å². The van der Waals surface area contributed by atoms with E-state index in [9.17, 15) is 4.79 Å². The summed E-state index contributed by atoms with van der Waals surface area (Å²) in [7, 11) is 0. The Morgan fingerprint density at radius 1 is 1.00 bits per heavy atom. The SMILES string of the molecule is O=CC(Br)(c1ccc(Cl)cc1)c1ccc(I)cc1. The third kappa shape index (κ3) is 2.78. The van der Waals surface area contributed by atoms with Gasteiger partial charge in [0.15, 0.2) is 0 Å². The monoisotopic (exact) mass is 434 g/mol. The maximum absolute atomic E-state index is 11.5. The van der Waals surface area contributed by atoms with Crippen molar-refractivity contribution in [2.24, 2.45) is 0 Å². The molecule has 1 nitrogen and oxygen atoms in total. The van der Waals surface area contributed by atoms with Crippen molar-refractivity contribution < 1.29 is 4.79 Å². The summed E-state index contributed by atoms with van der Waals surface area (Å²) in [4.78, 5) is 11.5. The first kappa shape index (κ1) is 14.0. The van der Waals surface area contributed by atoms with Gasteiger partial charge in [-0.3, -0.25) is 0 Å². The predicted molar refractivity (Wildman–Crippen MR) is 86.4 cm³/mol. The van der Waals surface area contributed by atoms with Gasteiger partial charge in [0.1, 0.15) is 10.6 Å². The van der Waals surface area contributed by atoms with Crippen molar-refractivity contribution in [3.05, 3.63) is 68.3 Å². The van der Waals surface area contributed by atoms with Crippen LogP contribution in [-0.2, 0) is 9.12 Å². The molecule has 0 heterocycles. The molecule has 0 bridgehead atoms. The number of benzene rings is 2. The Hall–Kier alpha value is -0.390. The number of carbonyl (C=O) groups excluding carboxylic acids is 1. The summed E-state index contributed by atoms with van der Waals surface area (Å²) >= 11 is 11.6. The summed E-state index contributed by atoms with van der Waals surface area (Å²) in [6.07, 6.45) is 0.901. The molecule has 0 amide bonds. The molecule has 18 heavy (non-hydrogen) atoms. The summed E-state index contributed by atoms with van der Waals surface area (Å²) in [5.41, 5.74) is 1.77. The molecule has 0 saturated heterocycles. The van der Waals surface area contributed by atoms with Crippen LogP contribution in [0, 0.1) is 3.57 Å². The summed E-state index contributed by atoms with van der Waals surface area (Å²) in [6, 6.07) is 15.1. The lowest BCUT2D eigenvalue weighted by Gasteiger charge is -2.22. The van der Waals surface area contributed by atoms with Gasteiger partial charge < -0.3 is 4.79 Å². The fourth-order valence-corrected chi connectivity index (χ4v) is 2.70. The van der Waals surface area contributed by atoms with Crippen LogP contribution in [0.3, 0.4) is 0 Å². The Morgan fingerprint density at radius 3 is 1.89 bits per heavy atom. The molecule has 0 aliphatic rings. The normalized spacial score (nSPS) is 13.9. The molecule has 0 fully saturated rings. The Kier molecular flexibility index (Phi) is 4.45. The standard InChI is InChI=1S/C14H9BrClIO/c15-14(9-18,10-1-5-12(16)6-2-10)11-3-7-13(17)8-4-11/h1-9H. The van der Waals surface area contributed by atoms with Crippen LogP contribution in [0.1, 0.15) is 11.1 Å².